The third kappa shape index (κ3) is 3.86. The third-order valence-corrected chi connectivity index (χ3v) is 6.02. The molecule has 5 heterocycles. The number of imidazole rings is 1. The zero-order chi connectivity index (χ0) is 24.6. The maximum atomic E-state index is 12.1. The average Bonchev–Trinajstić information content (AvgIpc) is 3.53. The molecule has 1 amide bonds. The van der Waals surface area contributed by atoms with Crippen LogP contribution >= 0.6 is 0 Å². The molecule has 9 heteroatoms. The molecule has 0 bridgehead atoms. The van der Waals surface area contributed by atoms with E-state index in [2.05, 4.69) is 35.5 Å². The lowest BCUT2D eigenvalue weighted by Gasteiger charge is -2.09. The minimum Gasteiger partial charge on any atom is -0.335 e. The van der Waals surface area contributed by atoms with E-state index in [1.807, 2.05) is 50.2 Å². The largest absolute Gasteiger partial charge is 0.335 e. The predicted octanol–water partition coefficient (Wildman–Crippen LogP) is 5.22. The number of hydrogen-bond acceptors (Lipinski definition) is 6. The van der Waals surface area contributed by atoms with Crippen molar-refractivity contribution < 1.29 is 4.79 Å². The number of benzene rings is 1. The molecule has 36 heavy (non-hydrogen) atoms. The molecule has 5 aromatic heterocycles. The van der Waals surface area contributed by atoms with Crippen LogP contribution in [0.15, 0.2) is 73.6 Å². The number of H-pyrrole nitrogens is 2. The van der Waals surface area contributed by atoms with E-state index in [0.29, 0.717) is 17.2 Å². The van der Waals surface area contributed by atoms with Gasteiger partial charge < -0.3 is 10.3 Å². The summed E-state index contributed by atoms with van der Waals surface area (Å²) >= 11 is 0. The molecular weight excluding hydrogens is 452 g/mol. The second-order valence-electron chi connectivity index (χ2n) is 8.85. The van der Waals surface area contributed by atoms with Crippen LogP contribution in [0.1, 0.15) is 13.8 Å². The fraction of sp³-hybridized carbons (Fsp3) is 0.111. The molecule has 0 spiro atoms. The SMILES string of the molecule is CC(C)C(=O)Nc1cncc(-c2ccc3[nH]nc(-c4nc5c(-c6cccnc6)cncc5[nH]4)c3c2)c1. The molecule has 0 unspecified atom stereocenters. The van der Waals surface area contributed by atoms with Gasteiger partial charge >= 0.3 is 0 Å². The molecule has 0 aliphatic carbocycles. The second-order valence-corrected chi connectivity index (χ2v) is 8.85. The smallest absolute Gasteiger partial charge is 0.226 e. The number of rotatable bonds is 5. The van der Waals surface area contributed by atoms with Crippen molar-refractivity contribution in [3.05, 3.63) is 73.6 Å². The Labute approximate surface area is 206 Å². The van der Waals surface area contributed by atoms with Crippen molar-refractivity contribution in [2.24, 2.45) is 5.92 Å². The van der Waals surface area contributed by atoms with Gasteiger partial charge in [-0.15, -0.1) is 0 Å². The van der Waals surface area contributed by atoms with Gasteiger partial charge in [0, 0.05) is 52.8 Å². The number of nitrogens with zero attached hydrogens (tertiary/aromatic N) is 5. The van der Waals surface area contributed by atoms with Crippen molar-refractivity contribution in [1.29, 1.82) is 0 Å². The molecule has 0 fully saturated rings. The van der Waals surface area contributed by atoms with Crippen LogP contribution in [0.25, 0.3) is 55.7 Å². The zero-order valence-corrected chi connectivity index (χ0v) is 19.6. The summed E-state index contributed by atoms with van der Waals surface area (Å²) in [5, 5.41) is 11.5. The summed E-state index contributed by atoms with van der Waals surface area (Å²) in [7, 11) is 0. The highest BCUT2D eigenvalue weighted by atomic mass is 16.1. The summed E-state index contributed by atoms with van der Waals surface area (Å²) < 4.78 is 0. The van der Waals surface area contributed by atoms with Crippen LogP contribution < -0.4 is 5.32 Å². The molecular formula is C27H22N8O. The van der Waals surface area contributed by atoms with Gasteiger partial charge in [0.15, 0.2) is 5.82 Å². The molecule has 9 nitrogen and oxygen atoms in total. The fourth-order valence-corrected chi connectivity index (χ4v) is 4.11. The molecule has 0 saturated carbocycles. The standard InChI is InChI=1S/C27H22N8O/c1-15(2)27(36)31-19-8-18(11-29-12-19)16-5-6-22-20(9-16)25(35-34-22)26-32-23-14-30-13-21(24(23)33-26)17-4-3-7-28-10-17/h3-15H,1-2H3,(H,31,36)(H,32,33)(H,34,35). The van der Waals surface area contributed by atoms with Crippen molar-refractivity contribution in [3.8, 4) is 33.8 Å². The Morgan fingerprint density at radius 1 is 0.889 bits per heavy atom. The Balaban J connectivity index is 1.41. The van der Waals surface area contributed by atoms with E-state index in [0.717, 1.165) is 44.2 Å². The van der Waals surface area contributed by atoms with Crippen molar-refractivity contribution >= 4 is 33.5 Å². The van der Waals surface area contributed by atoms with E-state index in [9.17, 15) is 4.79 Å². The average molecular weight is 475 g/mol. The molecule has 3 N–H and O–H groups in total. The summed E-state index contributed by atoms with van der Waals surface area (Å²) in [5.41, 5.74) is 7.55. The number of carbonyl (C=O) groups excluding carboxylic acids is 1. The second kappa shape index (κ2) is 8.70. The summed E-state index contributed by atoms with van der Waals surface area (Å²) in [6.07, 6.45) is 10.5. The predicted molar refractivity (Wildman–Crippen MR) is 139 cm³/mol. The minimum absolute atomic E-state index is 0.0495. The molecule has 0 atom stereocenters. The van der Waals surface area contributed by atoms with Gasteiger partial charge in [-0.25, -0.2) is 4.98 Å². The van der Waals surface area contributed by atoms with Gasteiger partial charge in [-0.05, 0) is 29.8 Å². The Bertz CT molecular complexity index is 1720. The van der Waals surface area contributed by atoms with Gasteiger partial charge in [0.1, 0.15) is 11.2 Å². The van der Waals surface area contributed by atoms with Crippen LogP contribution in [0.4, 0.5) is 5.69 Å². The first-order valence-electron chi connectivity index (χ1n) is 11.6. The highest BCUT2D eigenvalue weighted by Gasteiger charge is 2.16. The number of anilines is 1. The van der Waals surface area contributed by atoms with Crippen LogP contribution in [-0.4, -0.2) is 41.0 Å². The van der Waals surface area contributed by atoms with Crippen molar-refractivity contribution in [3.63, 3.8) is 0 Å². The van der Waals surface area contributed by atoms with E-state index in [1.165, 1.54) is 0 Å². The topological polar surface area (TPSA) is 125 Å². The van der Waals surface area contributed by atoms with Gasteiger partial charge in [-0.2, -0.15) is 5.10 Å². The number of aromatic amines is 2. The van der Waals surface area contributed by atoms with Gasteiger partial charge in [0.05, 0.1) is 29.1 Å². The molecule has 176 valence electrons. The number of nitrogens with one attached hydrogen (secondary N) is 3. The fourth-order valence-electron chi connectivity index (χ4n) is 4.11. The number of amides is 1. The quantitative estimate of drug-likeness (QED) is 0.315. The summed E-state index contributed by atoms with van der Waals surface area (Å²) in [6, 6.07) is 11.8. The number of fused-ring (bicyclic) bond motifs is 2. The monoisotopic (exact) mass is 474 g/mol. The number of aromatic nitrogens is 7. The van der Waals surface area contributed by atoms with Crippen LogP contribution in [0.2, 0.25) is 0 Å². The number of carbonyl (C=O) groups is 1. The molecule has 0 aliphatic heterocycles. The van der Waals surface area contributed by atoms with E-state index < -0.39 is 0 Å². The van der Waals surface area contributed by atoms with E-state index in [1.54, 1.807) is 37.2 Å². The third-order valence-electron chi connectivity index (χ3n) is 6.02. The first kappa shape index (κ1) is 21.6. The van der Waals surface area contributed by atoms with Crippen molar-refractivity contribution in [2.45, 2.75) is 13.8 Å². The Hall–Kier alpha value is -4.92. The van der Waals surface area contributed by atoms with Gasteiger partial charge in [-0.3, -0.25) is 24.8 Å². The van der Waals surface area contributed by atoms with Gasteiger partial charge in [0.2, 0.25) is 5.91 Å². The first-order valence-corrected chi connectivity index (χ1v) is 11.6. The maximum Gasteiger partial charge on any atom is 0.226 e. The summed E-state index contributed by atoms with van der Waals surface area (Å²) in [4.78, 5) is 33.3. The first-order chi connectivity index (χ1) is 17.6. The van der Waals surface area contributed by atoms with E-state index >= 15 is 0 Å². The molecule has 0 aliphatic rings. The lowest BCUT2D eigenvalue weighted by Crippen LogP contribution is -2.17. The number of pyridine rings is 3. The maximum absolute atomic E-state index is 12.1. The lowest BCUT2D eigenvalue weighted by atomic mass is 10.0. The Morgan fingerprint density at radius 2 is 1.75 bits per heavy atom. The van der Waals surface area contributed by atoms with Crippen LogP contribution in [-0.2, 0) is 4.79 Å². The van der Waals surface area contributed by atoms with Gasteiger partial charge in [0.25, 0.3) is 0 Å². The van der Waals surface area contributed by atoms with Crippen LogP contribution in [0.5, 0.6) is 0 Å². The van der Waals surface area contributed by atoms with Crippen molar-refractivity contribution in [2.75, 3.05) is 5.32 Å². The normalized spacial score (nSPS) is 11.4. The minimum atomic E-state index is -0.115. The Morgan fingerprint density at radius 3 is 2.58 bits per heavy atom. The lowest BCUT2D eigenvalue weighted by molar-refractivity contribution is -0.118. The van der Waals surface area contributed by atoms with Crippen molar-refractivity contribution in [1.82, 2.24) is 35.1 Å². The van der Waals surface area contributed by atoms with Crippen LogP contribution in [0.3, 0.4) is 0 Å². The Kier molecular flexibility index (Phi) is 5.22. The van der Waals surface area contributed by atoms with Crippen LogP contribution in [0, 0.1) is 5.92 Å². The zero-order valence-electron chi connectivity index (χ0n) is 19.6. The summed E-state index contributed by atoms with van der Waals surface area (Å²) in [5.74, 6) is 0.477. The van der Waals surface area contributed by atoms with E-state index in [-0.39, 0.29) is 11.8 Å². The molecule has 0 radical (unpaired) electrons. The highest BCUT2D eigenvalue weighted by molar-refractivity contribution is 5.98. The molecule has 6 rings (SSSR count). The summed E-state index contributed by atoms with van der Waals surface area (Å²) in [6.45, 7) is 3.71. The van der Waals surface area contributed by atoms with E-state index in [4.69, 9.17) is 4.98 Å². The molecule has 6 aromatic rings. The molecule has 1 aromatic carbocycles. The molecule has 0 saturated heterocycles. The highest BCUT2D eigenvalue weighted by Crippen LogP contribution is 2.33. The number of hydrogen-bond donors (Lipinski definition) is 3. The van der Waals surface area contributed by atoms with Gasteiger partial charge in [-0.1, -0.05) is 26.0 Å².